The molecule has 0 spiro atoms. The average molecular weight is 434 g/mol. The molecule has 3 N–H and O–H groups in total. The first-order valence-electron chi connectivity index (χ1n) is 9.53. The number of aryl methyl sites for hydroxylation is 1. The molecule has 0 bridgehead atoms. The highest BCUT2D eigenvalue weighted by atomic mass is 35.5. The molecule has 1 saturated heterocycles. The Morgan fingerprint density at radius 1 is 1.18 bits per heavy atom. The van der Waals surface area contributed by atoms with Gasteiger partial charge in [-0.15, -0.1) is 12.4 Å². The summed E-state index contributed by atoms with van der Waals surface area (Å²) in [6, 6.07) is 6.76. The first-order valence-corrected chi connectivity index (χ1v) is 11.0. The number of amides is 1. The molecule has 0 atom stereocenters. The van der Waals surface area contributed by atoms with Crippen molar-refractivity contribution >= 4 is 28.3 Å². The number of rotatable bonds is 9. The molecule has 0 aliphatic carbocycles. The van der Waals surface area contributed by atoms with Gasteiger partial charge in [0.1, 0.15) is 0 Å². The maximum atomic E-state index is 12.6. The summed E-state index contributed by atoms with van der Waals surface area (Å²) < 4.78 is 31.8. The number of sulfonamides is 1. The highest BCUT2D eigenvalue weighted by molar-refractivity contribution is 7.89. The van der Waals surface area contributed by atoms with Crippen molar-refractivity contribution in [2.75, 3.05) is 32.8 Å². The third-order valence-corrected chi connectivity index (χ3v) is 7.13. The number of hydrogen-bond donors (Lipinski definition) is 2. The zero-order chi connectivity index (χ0) is 19.9. The van der Waals surface area contributed by atoms with Crippen molar-refractivity contribution in [1.82, 2.24) is 9.62 Å². The number of ether oxygens (including phenoxy) is 1. The molecule has 28 heavy (non-hydrogen) atoms. The van der Waals surface area contributed by atoms with Crippen LogP contribution in [0.25, 0.3) is 0 Å². The number of morpholine rings is 1. The smallest absolute Gasteiger partial charge is 0.243 e. The van der Waals surface area contributed by atoms with Crippen LogP contribution in [0.3, 0.4) is 0 Å². The van der Waals surface area contributed by atoms with Gasteiger partial charge in [-0.3, -0.25) is 4.79 Å². The Labute approximate surface area is 174 Å². The molecule has 160 valence electrons. The van der Waals surface area contributed by atoms with Crippen molar-refractivity contribution in [3.05, 3.63) is 29.8 Å². The second-order valence-electron chi connectivity index (χ2n) is 7.01. The molecular weight excluding hydrogens is 402 g/mol. The minimum atomic E-state index is -3.48. The average Bonchev–Trinajstić information content (AvgIpc) is 2.71. The summed E-state index contributed by atoms with van der Waals surface area (Å²) in [5.41, 5.74) is 6.76. The summed E-state index contributed by atoms with van der Waals surface area (Å²) >= 11 is 0. The predicted molar refractivity (Wildman–Crippen MR) is 112 cm³/mol. The van der Waals surface area contributed by atoms with Crippen LogP contribution >= 0.6 is 12.4 Å². The minimum absolute atomic E-state index is 0. The van der Waals surface area contributed by atoms with Gasteiger partial charge in [-0.25, -0.2) is 8.42 Å². The Morgan fingerprint density at radius 2 is 1.75 bits per heavy atom. The zero-order valence-corrected chi connectivity index (χ0v) is 18.3. The normalized spacial score (nSPS) is 15.7. The van der Waals surface area contributed by atoms with Crippen LogP contribution in [0.2, 0.25) is 0 Å². The monoisotopic (exact) mass is 433 g/mol. The quantitative estimate of drug-likeness (QED) is 0.617. The van der Waals surface area contributed by atoms with Gasteiger partial charge >= 0.3 is 0 Å². The molecule has 0 aromatic heterocycles. The van der Waals surface area contributed by atoms with E-state index in [1.54, 1.807) is 24.3 Å². The maximum Gasteiger partial charge on any atom is 0.243 e. The predicted octanol–water partition coefficient (Wildman–Crippen LogP) is 1.70. The lowest BCUT2D eigenvalue weighted by atomic mass is 9.94. The lowest BCUT2D eigenvalue weighted by Gasteiger charge is -2.26. The number of benzene rings is 1. The summed E-state index contributed by atoms with van der Waals surface area (Å²) in [7, 11) is -3.48. The summed E-state index contributed by atoms with van der Waals surface area (Å²) in [6.45, 7) is 6.10. The fourth-order valence-corrected chi connectivity index (χ4v) is 4.29. The number of halogens is 1. The topological polar surface area (TPSA) is 102 Å². The van der Waals surface area contributed by atoms with Gasteiger partial charge in [0.25, 0.3) is 0 Å². The van der Waals surface area contributed by atoms with Crippen molar-refractivity contribution in [3.63, 3.8) is 0 Å². The van der Waals surface area contributed by atoms with E-state index in [4.69, 9.17) is 10.5 Å². The van der Waals surface area contributed by atoms with Crippen LogP contribution in [-0.4, -0.2) is 57.0 Å². The summed E-state index contributed by atoms with van der Waals surface area (Å²) in [5, 5.41) is 2.90. The molecule has 0 unspecified atom stereocenters. The van der Waals surface area contributed by atoms with Crippen LogP contribution in [0.5, 0.6) is 0 Å². The zero-order valence-electron chi connectivity index (χ0n) is 16.6. The third kappa shape index (κ3) is 6.70. The van der Waals surface area contributed by atoms with Crippen LogP contribution in [-0.2, 0) is 26.0 Å². The van der Waals surface area contributed by atoms with Gasteiger partial charge in [0, 0.05) is 31.6 Å². The molecule has 1 aromatic carbocycles. The van der Waals surface area contributed by atoms with E-state index in [0.717, 1.165) is 18.4 Å². The first-order chi connectivity index (χ1) is 12.8. The highest BCUT2D eigenvalue weighted by Gasteiger charge is 2.26. The van der Waals surface area contributed by atoms with Crippen molar-refractivity contribution in [2.24, 2.45) is 5.73 Å². The SMILES string of the molecule is CCC(N)(CC)CNC(=O)CCc1ccc(S(=O)(=O)N2CCOCC2)cc1.Cl. The molecule has 0 saturated carbocycles. The molecule has 1 aromatic rings. The van der Waals surface area contributed by atoms with E-state index >= 15 is 0 Å². The Balaban J connectivity index is 0.00000392. The van der Waals surface area contributed by atoms with E-state index < -0.39 is 10.0 Å². The van der Waals surface area contributed by atoms with Crippen LogP contribution in [0.4, 0.5) is 0 Å². The first kappa shape index (κ1) is 24.8. The van der Waals surface area contributed by atoms with E-state index in [2.05, 4.69) is 5.32 Å². The van der Waals surface area contributed by atoms with E-state index in [1.807, 2.05) is 13.8 Å². The number of hydrogen-bond acceptors (Lipinski definition) is 5. The van der Waals surface area contributed by atoms with Gasteiger partial charge < -0.3 is 15.8 Å². The van der Waals surface area contributed by atoms with E-state index in [9.17, 15) is 13.2 Å². The van der Waals surface area contributed by atoms with E-state index in [-0.39, 0.29) is 28.7 Å². The number of nitrogens with zero attached hydrogens (tertiary/aromatic N) is 1. The lowest BCUT2D eigenvalue weighted by Crippen LogP contribution is -2.49. The van der Waals surface area contributed by atoms with Crippen molar-refractivity contribution < 1.29 is 17.9 Å². The molecular formula is C19H32ClN3O4S. The largest absolute Gasteiger partial charge is 0.379 e. The molecule has 1 heterocycles. The molecule has 2 rings (SSSR count). The van der Waals surface area contributed by atoms with Crippen molar-refractivity contribution in [2.45, 2.75) is 50.0 Å². The Kier molecular flexibility index (Phi) is 9.86. The number of nitrogens with two attached hydrogens (primary N) is 1. The maximum absolute atomic E-state index is 12.6. The van der Waals surface area contributed by atoms with Gasteiger partial charge in [0.15, 0.2) is 0 Å². The lowest BCUT2D eigenvalue weighted by molar-refractivity contribution is -0.121. The van der Waals surface area contributed by atoms with Crippen LogP contribution in [0.1, 0.15) is 38.7 Å². The Bertz CT molecular complexity index is 715. The van der Waals surface area contributed by atoms with Gasteiger partial charge in [0.05, 0.1) is 18.1 Å². The molecule has 1 aliphatic rings. The van der Waals surface area contributed by atoms with Gasteiger partial charge in [0.2, 0.25) is 15.9 Å². The van der Waals surface area contributed by atoms with Crippen molar-refractivity contribution in [3.8, 4) is 0 Å². The second-order valence-corrected chi connectivity index (χ2v) is 8.94. The molecule has 9 heteroatoms. The summed E-state index contributed by atoms with van der Waals surface area (Å²) in [4.78, 5) is 12.3. The second kappa shape index (κ2) is 11.1. The summed E-state index contributed by atoms with van der Waals surface area (Å²) in [5.74, 6) is -0.0447. The van der Waals surface area contributed by atoms with E-state index in [0.29, 0.717) is 45.7 Å². The van der Waals surface area contributed by atoms with Crippen LogP contribution in [0, 0.1) is 0 Å². The number of carbonyl (C=O) groups excluding carboxylic acids is 1. The molecule has 7 nitrogen and oxygen atoms in total. The van der Waals surface area contributed by atoms with Gasteiger partial charge in [-0.05, 0) is 37.0 Å². The highest BCUT2D eigenvalue weighted by Crippen LogP contribution is 2.18. The Morgan fingerprint density at radius 3 is 2.29 bits per heavy atom. The minimum Gasteiger partial charge on any atom is -0.379 e. The number of nitrogens with one attached hydrogen (secondary N) is 1. The fourth-order valence-electron chi connectivity index (χ4n) is 2.88. The molecule has 1 amide bonds. The molecule has 1 fully saturated rings. The molecule has 0 radical (unpaired) electrons. The van der Waals surface area contributed by atoms with Crippen LogP contribution in [0.15, 0.2) is 29.2 Å². The Hall–Kier alpha value is -1.19. The third-order valence-electron chi connectivity index (χ3n) is 5.22. The van der Waals surface area contributed by atoms with Gasteiger partial charge in [-0.1, -0.05) is 26.0 Å². The van der Waals surface area contributed by atoms with E-state index in [1.165, 1.54) is 4.31 Å². The fraction of sp³-hybridized carbons (Fsp3) is 0.632. The molecule has 1 aliphatic heterocycles. The van der Waals surface area contributed by atoms with Crippen molar-refractivity contribution in [1.29, 1.82) is 0 Å². The van der Waals surface area contributed by atoms with Gasteiger partial charge in [-0.2, -0.15) is 4.31 Å². The summed E-state index contributed by atoms with van der Waals surface area (Å²) in [6.07, 6.45) is 2.52. The standard InChI is InChI=1S/C19H31N3O4S.ClH/c1-3-19(20,4-2)15-21-18(23)10-7-16-5-8-17(9-6-16)27(24,25)22-11-13-26-14-12-22;/h5-6,8-9H,3-4,7,10-15,20H2,1-2H3,(H,21,23);1H. The number of carbonyl (C=O) groups is 1. The van der Waals surface area contributed by atoms with Crippen LogP contribution < -0.4 is 11.1 Å².